The van der Waals surface area contributed by atoms with Crippen LogP contribution in [0.2, 0.25) is 0 Å². The number of aromatic amines is 2. The molecule has 3 N–H and O–H groups in total. The van der Waals surface area contributed by atoms with Crippen molar-refractivity contribution < 1.29 is 23.2 Å². The van der Waals surface area contributed by atoms with Gasteiger partial charge in [-0.15, -0.1) is 0 Å². The van der Waals surface area contributed by atoms with Gasteiger partial charge in [0.15, 0.2) is 0 Å². The number of rotatable bonds is 6. The molecule has 3 atom stereocenters. The Morgan fingerprint density at radius 3 is 2.50 bits per heavy atom. The second-order valence-electron chi connectivity index (χ2n) is 17.1. The van der Waals surface area contributed by atoms with E-state index in [4.69, 9.17) is 0 Å². The number of hydrogen-bond acceptors (Lipinski definition) is 7. The lowest BCUT2D eigenvalue weighted by atomic mass is 9.77. The second-order valence-corrected chi connectivity index (χ2v) is 17.1. The highest BCUT2D eigenvalue weighted by molar-refractivity contribution is 6.02. The van der Waals surface area contributed by atoms with Crippen LogP contribution < -0.4 is 15.1 Å². The Morgan fingerprint density at radius 1 is 0.944 bits per heavy atom. The van der Waals surface area contributed by atoms with Crippen LogP contribution in [-0.4, -0.2) is 88.0 Å². The summed E-state index contributed by atoms with van der Waals surface area (Å²) >= 11 is 0. The molecule has 10 rings (SSSR count). The molecule has 3 aromatic heterocycles. The number of hydrogen-bond donors (Lipinski definition) is 3. The molecule has 1 spiro atoms. The highest BCUT2D eigenvalue weighted by Crippen LogP contribution is 2.70. The summed E-state index contributed by atoms with van der Waals surface area (Å²) in [7, 11) is 0. The van der Waals surface area contributed by atoms with Crippen molar-refractivity contribution in [3.05, 3.63) is 59.4 Å². The van der Waals surface area contributed by atoms with Crippen molar-refractivity contribution in [2.75, 3.05) is 49.1 Å². The fourth-order valence-electron chi connectivity index (χ4n) is 10.4. The number of aromatic nitrogens is 4. The molecular formula is C41H46F2N8O3. The lowest BCUT2D eigenvalue weighted by molar-refractivity contribution is -0.134. The number of nitrogens with zero attached hydrogens (tertiary/aromatic N) is 5. The van der Waals surface area contributed by atoms with Crippen LogP contribution in [0.1, 0.15) is 74.6 Å². The molecule has 4 aliphatic heterocycles. The molecule has 282 valence electrons. The molecule has 4 saturated heterocycles. The summed E-state index contributed by atoms with van der Waals surface area (Å²) in [5.74, 6) is -2.26. The van der Waals surface area contributed by atoms with Gasteiger partial charge in [-0.1, -0.05) is 19.1 Å². The third kappa shape index (κ3) is 5.31. The molecule has 7 heterocycles. The van der Waals surface area contributed by atoms with Crippen molar-refractivity contribution in [2.24, 2.45) is 22.7 Å². The number of halogens is 2. The zero-order chi connectivity index (χ0) is 37.0. The number of likely N-dealkylation sites (tertiary alicyclic amines) is 1. The highest BCUT2D eigenvalue weighted by Gasteiger charge is 2.78. The highest BCUT2D eigenvalue weighted by atomic mass is 19.3. The van der Waals surface area contributed by atoms with Gasteiger partial charge < -0.3 is 19.7 Å². The predicted octanol–water partition coefficient (Wildman–Crippen LogP) is 5.58. The van der Waals surface area contributed by atoms with Gasteiger partial charge in [-0.2, -0.15) is 5.10 Å². The van der Waals surface area contributed by atoms with E-state index in [2.05, 4.69) is 35.3 Å². The lowest BCUT2D eigenvalue weighted by Crippen LogP contribution is -2.47. The summed E-state index contributed by atoms with van der Waals surface area (Å²) in [6.07, 6.45) is 8.12. The van der Waals surface area contributed by atoms with Crippen LogP contribution >= 0.6 is 0 Å². The van der Waals surface area contributed by atoms with Crippen LogP contribution in [0.4, 0.5) is 20.3 Å². The zero-order valence-electron chi connectivity index (χ0n) is 30.6. The average Bonchev–Trinajstić information content (AvgIpc) is 3.68. The van der Waals surface area contributed by atoms with Gasteiger partial charge in [0.1, 0.15) is 11.5 Å². The van der Waals surface area contributed by atoms with Crippen molar-refractivity contribution in [3.63, 3.8) is 0 Å². The van der Waals surface area contributed by atoms with Crippen LogP contribution in [0.15, 0.2) is 42.6 Å². The Morgan fingerprint density at radius 2 is 1.74 bits per heavy atom. The minimum atomic E-state index is -2.63. The molecule has 0 radical (unpaired) electrons. The summed E-state index contributed by atoms with van der Waals surface area (Å²) in [4.78, 5) is 52.9. The quantitative estimate of drug-likeness (QED) is 0.221. The summed E-state index contributed by atoms with van der Waals surface area (Å²) in [6, 6.07) is 12.1. The number of piperidine rings is 3. The Balaban J connectivity index is 0.733. The Kier molecular flexibility index (Phi) is 7.64. The number of fused-ring (bicyclic) bond motifs is 3. The van der Waals surface area contributed by atoms with Gasteiger partial charge in [0.25, 0.3) is 5.92 Å². The third-order valence-electron chi connectivity index (χ3n) is 14.2. The smallest absolute Gasteiger partial charge is 0.258 e. The van der Waals surface area contributed by atoms with Crippen LogP contribution in [0, 0.1) is 22.7 Å². The number of H-pyrrole nitrogens is 2. The van der Waals surface area contributed by atoms with Crippen molar-refractivity contribution in [1.82, 2.24) is 30.4 Å². The maximum atomic E-state index is 14.5. The van der Waals surface area contributed by atoms with Crippen molar-refractivity contribution in [1.29, 1.82) is 0 Å². The molecule has 4 aromatic rings. The first-order valence-corrected chi connectivity index (χ1v) is 19.7. The normalized spacial score (nSPS) is 28.1. The summed E-state index contributed by atoms with van der Waals surface area (Å²) in [5.41, 5.74) is 4.62. The Bertz CT molecular complexity index is 2160. The van der Waals surface area contributed by atoms with E-state index in [9.17, 15) is 23.2 Å². The summed E-state index contributed by atoms with van der Waals surface area (Å²) in [6.45, 7) is 7.19. The largest absolute Gasteiger partial charge is 0.357 e. The molecule has 1 aromatic carbocycles. The molecule has 11 nitrogen and oxygen atoms in total. The molecule has 1 unspecified atom stereocenters. The third-order valence-corrected chi connectivity index (χ3v) is 14.2. The van der Waals surface area contributed by atoms with E-state index in [-0.39, 0.29) is 29.1 Å². The Labute approximate surface area is 312 Å². The van der Waals surface area contributed by atoms with Crippen LogP contribution in [-0.2, 0) is 27.2 Å². The fraction of sp³-hybridized carbons (Fsp3) is 0.537. The van der Waals surface area contributed by atoms with Crippen LogP contribution in [0.3, 0.4) is 0 Å². The molecule has 13 heteroatoms. The number of carbonyl (C=O) groups is 3. The maximum absolute atomic E-state index is 14.5. The van der Waals surface area contributed by atoms with Gasteiger partial charge in [-0.25, -0.2) is 13.8 Å². The number of alkyl halides is 2. The van der Waals surface area contributed by atoms with Crippen molar-refractivity contribution >= 4 is 40.1 Å². The zero-order valence-corrected chi connectivity index (χ0v) is 30.6. The first-order valence-electron chi connectivity index (χ1n) is 19.7. The van der Waals surface area contributed by atoms with Crippen LogP contribution in [0.25, 0.3) is 22.3 Å². The van der Waals surface area contributed by atoms with E-state index < -0.39 is 17.3 Å². The number of anilines is 2. The van der Waals surface area contributed by atoms with E-state index in [1.807, 2.05) is 41.3 Å². The second kappa shape index (κ2) is 12.2. The van der Waals surface area contributed by atoms with Gasteiger partial charge in [-0.3, -0.25) is 24.8 Å². The summed E-state index contributed by atoms with van der Waals surface area (Å²) < 4.78 is 29.1. The monoisotopic (exact) mass is 736 g/mol. The molecule has 0 bridgehead atoms. The van der Waals surface area contributed by atoms with E-state index in [0.717, 1.165) is 115 Å². The molecule has 5 fully saturated rings. The van der Waals surface area contributed by atoms with E-state index in [1.165, 1.54) is 0 Å². The van der Waals surface area contributed by atoms with E-state index in [0.29, 0.717) is 38.1 Å². The van der Waals surface area contributed by atoms with Crippen molar-refractivity contribution in [2.45, 2.75) is 76.6 Å². The SMILES string of the molecule is C[C@@]12Cc3[nH]nc(-c4cc5ccc(N6CCC7(CCN(CC8CCN(c9ccc(C%10CCC(=O)NC%10=O)cn9)CC8)CC7)C6=O)cc5[nH]4)c3C[C@@H]1C2(F)F. The number of benzene rings is 1. The van der Waals surface area contributed by atoms with Gasteiger partial charge in [-0.05, 0) is 93.8 Å². The van der Waals surface area contributed by atoms with Gasteiger partial charge in [0.2, 0.25) is 17.7 Å². The number of nitrogens with one attached hydrogen (secondary N) is 3. The lowest BCUT2D eigenvalue weighted by Gasteiger charge is -2.41. The molecule has 3 amide bonds. The standard InChI is InChI=1S/C41H46F2N8O3/c1-39-21-32-29(20-33(39)41(39,42)43)36(48-47-32)31-18-25-2-4-27(19-30(25)45-31)51-17-12-40(38(51)54)10-15-49(16-11-40)23-24-8-13-50(14-9-24)34-6-3-26(22-44-34)28-5-7-35(52)46-37(28)53/h2-4,6,18-19,22,24,28,33,45H,5,7-17,20-21,23H2,1H3,(H,47,48)(H,46,52,53)/t28?,33-,39+/m0/s1. The number of carbonyl (C=O) groups excluding carboxylic acids is 3. The summed E-state index contributed by atoms with van der Waals surface area (Å²) in [5, 5.41) is 11.0. The average molecular weight is 737 g/mol. The van der Waals surface area contributed by atoms with Gasteiger partial charge >= 0.3 is 0 Å². The van der Waals surface area contributed by atoms with Gasteiger partial charge in [0, 0.05) is 84.4 Å². The van der Waals surface area contributed by atoms with E-state index in [1.54, 1.807) is 13.1 Å². The Hall–Kier alpha value is -4.65. The number of amides is 3. The van der Waals surface area contributed by atoms with Crippen molar-refractivity contribution in [3.8, 4) is 11.4 Å². The first kappa shape index (κ1) is 33.9. The molecular weight excluding hydrogens is 691 g/mol. The number of imide groups is 1. The topological polar surface area (TPSA) is 130 Å². The first-order chi connectivity index (χ1) is 26.0. The van der Waals surface area contributed by atoms with Crippen LogP contribution in [0.5, 0.6) is 0 Å². The minimum Gasteiger partial charge on any atom is -0.357 e. The van der Waals surface area contributed by atoms with E-state index >= 15 is 0 Å². The molecule has 1 saturated carbocycles. The molecule has 2 aliphatic carbocycles. The number of pyridine rings is 1. The minimum absolute atomic E-state index is 0.207. The van der Waals surface area contributed by atoms with Gasteiger partial charge in [0.05, 0.1) is 17.0 Å². The predicted molar refractivity (Wildman–Crippen MR) is 199 cm³/mol. The fourth-order valence-corrected chi connectivity index (χ4v) is 10.4. The molecule has 54 heavy (non-hydrogen) atoms. The molecule has 6 aliphatic rings. The maximum Gasteiger partial charge on any atom is 0.258 e.